The molecule has 4 N–H and O–H groups in total. The standard InChI is InChI=1S/C9H16N4O3/c1-13-7(10)6(8(14)12-9(13)15)11-4-3-5-16-2/h11H,3-5,10H2,1-2H3,(H,12,14,15). The van der Waals surface area contributed by atoms with Gasteiger partial charge in [-0.25, -0.2) is 4.79 Å². The Morgan fingerprint density at radius 1 is 1.50 bits per heavy atom. The molecule has 16 heavy (non-hydrogen) atoms. The number of ether oxygens (including phenoxy) is 1. The van der Waals surface area contributed by atoms with Gasteiger partial charge in [-0.1, -0.05) is 0 Å². The van der Waals surface area contributed by atoms with Crippen LogP contribution in [0.1, 0.15) is 6.42 Å². The summed E-state index contributed by atoms with van der Waals surface area (Å²) in [7, 11) is 3.10. The Balaban J connectivity index is 2.84. The maximum Gasteiger partial charge on any atom is 0.329 e. The molecule has 0 fully saturated rings. The molecule has 1 aromatic heterocycles. The molecule has 1 rings (SSSR count). The quantitative estimate of drug-likeness (QED) is 0.567. The Labute approximate surface area is 92.2 Å². The molecule has 1 heterocycles. The Kier molecular flexibility index (Phi) is 4.12. The lowest BCUT2D eigenvalue weighted by atomic mass is 10.4. The zero-order chi connectivity index (χ0) is 12.1. The number of nitrogens with one attached hydrogen (secondary N) is 2. The van der Waals surface area contributed by atoms with Crippen LogP contribution < -0.4 is 22.3 Å². The van der Waals surface area contributed by atoms with Crippen molar-refractivity contribution in [1.82, 2.24) is 9.55 Å². The van der Waals surface area contributed by atoms with E-state index in [1.54, 1.807) is 7.11 Å². The van der Waals surface area contributed by atoms with Gasteiger partial charge in [-0.05, 0) is 6.42 Å². The lowest BCUT2D eigenvalue weighted by Crippen LogP contribution is -2.32. The summed E-state index contributed by atoms with van der Waals surface area (Å²) in [6.07, 6.45) is 0.748. The predicted octanol–water partition coefficient (Wildman–Crippen LogP) is -0.896. The van der Waals surface area contributed by atoms with Crippen LogP contribution >= 0.6 is 0 Å². The highest BCUT2D eigenvalue weighted by atomic mass is 16.5. The van der Waals surface area contributed by atoms with Gasteiger partial charge in [-0.2, -0.15) is 0 Å². The molecule has 0 radical (unpaired) electrons. The summed E-state index contributed by atoms with van der Waals surface area (Å²) in [5.74, 6) is 0.131. The van der Waals surface area contributed by atoms with E-state index in [0.29, 0.717) is 13.2 Å². The topological polar surface area (TPSA) is 102 Å². The lowest BCUT2D eigenvalue weighted by Gasteiger charge is -2.10. The van der Waals surface area contributed by atoms with Crippen molar-refractivity contribution in [1.29, 1.82) is 0 Å². The van der Waals surface area contributed by atoms with Crippen LogP contribution in [-0.2, 0) is 11.8 Å². The minimum Gasteiger partial charge on any atom is -0.385 e. The molecule has 0 saturated heterocycles. The van der Waals surface area contributed by atoms with Gasteiger partial charge < -0.3 is 15.8 Å². The van der Waals surface area contributed by atoms with Crippen LogP contribution in [0.5, 0.6) is 0 Å². The SMILES string of the molecule is COCCCNc1c(N)n(C)c(=O)[nH]c1=O. The first kappa shape index (κ1) is 12.3. The highest BCUT2D eigenvalue weighted by molar-refractivity contribution is 5.60. The molecule has 1 aromatic rings. The summed E-state index contributed by atoms with van der Waals surface area (Å²) in [6, 6.07) is 0. The number of hydrogen-bond donors (Lipinski definition) is 3. The largest absolute Gasteiger partial charge is 0.385 e. The summed E-state index contributed by atoms with van der Waals surface area (Å²) in [5.41, 5.74) is 4.84. The molecule has 0 spiro atoms. The molecule has 7 heteroatoms. The first-order chi connectivity index (χ1) is 7.57. The highest BCUT2D eigenvalue weighted by Crippen LogP contribution is 2.07. The smallest absolute Gasteiger partial charge is 0.329 e. The van der Waals surface area contributed by atoms with E-state index >= 15 is 0 Å². The predicted molar refractivity (Wildman–Crippen MR) is 61.7 cm³/mol. The van der Waals surface area contributed by atoms with Crippen molar-refractivity contribution >= 4 is 11.5 Å². The fourth-order valence-electron chi connectivity index (χ4n) is 1.24. The molecular formula is C9H16N4O3. The van der Waals surface area contributed by atoms with E-state index in [1.807, 2.05) is 0 Å². The Bertz CT molecular complexity index is 463. The number of H-pyrrole nitrogens is 1. The van der Waals surface area contributed by atoms with E-state index in [4.69, 9.17) is 10.5 Å². The molecule has 0 aliphatic heterocycles. The van der Waals surface area contributed by atoms with Gasteiger partial charge in [0.25, 0.3) is 5.56 Å². The van der Waals surface area contributed by atoms with Crippen LogP contribution in [-0.4, -0.2) is 29.8 Å². The molecule has 0 bridgehead atoms. The zero-order valence-electron chi connectivity index (χ0n) is 9.37. The fourth-order valence-corrected chi connectivity index (χ4v) is 1.24. The van der Waals surface area contributed by atoms with Crippen LogP contribution in [0.25, 0.3) is 0 Å². The highest BCUT2D eigenvalue weighted by Gasteiger charge is 2.08. The second-order valence-corrected chi connectivity index (χ2v) is 3.35. The molecule has 0 unspecified atom stereocenters. The van der Waals surface area contributed by atoms with Gasteiger partial charge in [-0.3, -0.25) is 14.3 Å². The number of nitrogens with two attached hydrogens (primary N) is 1. The van der Waals surface area contributed by atoms with Crippen molar-refractivity contribution < 1.29 is 4.74 Å². The summed E-state index contributed by atoms with van der Waals surface area (Å²) >= 11 is 0. The molecule has 0 atom stereocenters. The first-order valence-electron chi connectivity index (χ1n) is 4.89. The fraction of sp³-hybridized carbons (Fsp3) is 0.556. The number of aromatic amines is 1. The van der Waals surface area contributed by atoms with E-state index in [0.717, 1.165) is 6.42 Å². The van der Waals surface area contributed by atoms with E-state index in [1.165, 1.54) is 11.6 Å². The number of aromatic nitrogens is 2. The van der Waals surface area contributed by atoms with Gasteiger partial charge in [0.05, 0.1) is 0 Å². The van der Waals surface area contributed by atoms with Crippen molar-refractivity contribution in [2.24, 2.45) is 7.05 Å². The van der Waals surface area contributed by atoms with E-state index in [2.05, 4.69) is 10.3 Å². The molecule has 0 saturated carbocycles. The van der Waals surface area contributed by atoms with E-state index in [9.17, 15) is 9.59 Å². The lowest BCUT2D eigenvalue weighted by molar-refractivity contribution is 0.198. The molecule has 0 aliphatic carbocycles. The molecular weight excluding hydrogens is 212 g/mol. The minimum absolute atomic E-state index is 0.131. The third-order valence-electron chi connectivity index (χ3n) is 2.20. The van der Waals surface area contributed by atoms with Gasteiger partial charge in [-0.15, -0.1) is 0 Å². The Hall–Kier alpha value is -1.76. The summed E-state index contributed by atoms with van der Waals surface area (Å²) in [4.78, 5) is 24.8. The molecule has 0 aliphatic rings. The third kappa shape index (κ3) is 2.63. The minimum atomic E-state index is -0.523. The first-order valence-corrected chi connectivity index (χ1v) is 4.89. The molecule has 0 aromatic carbocycles. The van der Waals surface area contributed by atoms with Crippen LogP contribution in [0.4, 0.5) is 11.5 Å². The number of rotatable bonds is 5. The van der Waals surface area contributed by atoms with Gasteiger partial charge in [0.1, 0.15) is 11.5 Å². The average molecular weight is 228 g/mol. The monoisotopic (exact) mass is 228 g/mol. The van der Waals surface area contributed by atoms with Crippen LogP contribution in [0.2, 0.25) is 0 Å². The second-order valence-electron chi connectivity index (χ2n) is 3.35. The van der Waals surface area contributed by atoms with Crippen LogP contribution in [0.15, 0.2) is 9.59 Å². The van der Waals surface area contributed by atoms with E-state index < -0.39 is 11.2 Å². The number of nitrogens with zero attached hydrogens (tertiary/aromatic N) is 1. The third-order valence-corrected chi connectivity index (χ3v) is 2.20. The number of hydrogen-bond acceptors (Lipinski definition) is 5. The average Bonchev–Trinajstić information content (AvgIpc) is 2.25. The maximum absolute atomic E-state index is 11.4. The van der Waals surface area contributed by atoms with Crippen molar-refractivity contribution in [3.63, 3.8) is 0 Å². The molecule has 90 valence electrons. The normalized spacial score (nSPS) is 10.4. The van der Waals surface area contributed by atoms with Gasteiger partial charge in [0.2, 0.25) is 0 Å². The number of anilines is 2. The second kappa shape index (κ2) is 5.36. The van der Waals surface area contributed by atoms with Crippen molar-refractivity contribution in [2.75, 3.05) is 31.3 Å². The molecule has 0 amide bonds. The van der Waals surface area contributed by atoms with Gasteiger partial charge >= 0.3 is 5.69 Å². The van der Waals surface area contributed by atoms with Gasteiger partial charge in [0.15, 0.2) is 0 Å². The van der Waals surface area contributed by atoms with Crippen molar-refractivity contribution in [3.05, 3.63) is 20.8 Å². The van der Waals surface area contributed by atoms with Gasteiger partial charge in [0, 0.05) is 27.3 Å². The summed E-state index contributed by atoms with van der Waals surface area (Å²) in [5, 5.41) is 2.88. The van der Waals surface area contributed by atoms with Crippen LogP contribution in [0, 0.1) is 0 Å². The zero-order valence-corrected chi connectivity index (χ0v) is 9.37. The number of nitrogen functional groups attached to an aromatic ring is 1. The Morgan fingerprint density at radius 2 is 2.19 bits per heavy atom. The van der Waals surface area contributed by atoms with E-state index in [-0.39, 0.29) is 11.5 Å². The summed E-state index contributed by atoms with van der Waals surface area (Å²) in [6.45, 7) is 1.15. The Morgan fingerprint density at radius 3 is 2.81 bits per heavy atom. The molecule has 7 nitrogen and oxygen atoms in total. The number of methoxy groups -OCH3 is 1. The summed E-state index contributed by atoms with van der Waals surface area (Å²) < 4.78 is 6.05. The maximum atomic E-state index is 11.4. The van der Waals surface area contributed by atoms with Crippen molar-refractivity contribution in [3.8, 4) is 0 Å². The van der Waals surface area contributed by atoms with Crippen molar-refractivity contribution in [2.45, 2.75) is 6.42 Å². The van der Waals surface area contributed by atoms with Crippen LogP contribution in [0.3, 0.4) is 0 Å².